The fourth-order valence-corrected chi connectivity index (χ4v) is 2.36. The van der Waals surface area contributed by atoms with Gasteiger partial charge in [-0.05, 0) is 26.3 Å². The molecule has 1 atom stereocenters. The lowest BCUT2D eigenvalue weighted by atomic mass is 9.84. The van der Waals surface area contributed by atoms with E-state index >= 15 is 0 Å². The number of rotatable bonds is 2. The number of hydrogen-bond donors (Lipinski definition) is 0. The Morgan fingerprint density at radius 1 is 1.22 bits per heavy atom. The summed E-state index contributed by atoms with van der Waals surface area (Å²) in [6, 6.07) is 7.91. The Labute approximate surface area is 106 Å². The van der Waals surface area contributed by atoms with Crippen LogP contribution < -0.4 is 0 Å². The lowest BCUT2D eigenvalue weighted by Gasteiger charge is -2.25. The van der Waals surface area contributed by atoms with E-state index in [1.54, 1.807) is 6.92 Å². The summed E-state index contributed by atoms with van der Waals surface area (Å²) in [6.45, 7) is 5.19. The van der Waals surface area contributed by atoms with Gasteiger partial charge in [-0.15, -0.1) is 0 Å². The van der Waals surface area contributed by atoms with E-state index in [1.165, 1.54) is 6.92 Å². The standard InChI is InChI=1S/C15H16O3/c1-9-4-6-12(7-5-9)13-8-14(17)18-11(3)15(13)10(2)16/h4-7,13H,8H2,1-3H3/t13-/m1/s1. The number of benzene rings is 1. The zero-order chi connectivity index (χ0) is 13.3. The van der Waals surface area contributed by atoms with Gasteiger partial charge in [-0.3, -0.25) is 9.59 Å². The summed E-state index contributed by atoms with van der Waals surface area (Å²) in [6.07, 6.45) is 0.231. The highest BCUT2D eigenvalue weighted by Gasteiger charge is 2.31. The molecule has 0 unspecified atom stereocenters. The van der Waals surface area contributed by atoms with Gasteiger partial charge in [0.15, 0.2) is 5.78 Å². The third kappa shape index (κ3) is 2.35. The van der Waals surface area contributed by atoms with Gasteiger partial charge in [0, 0.05) is 11.5 Å². The minimum absolute atomic E-state index is 0.0365. The predicted molar refractivity (Wildman–Crippen MR) is 68.0 cm³/mol. The second-order valence-corrected chi connectivity index (χ2v) is 4.67. The van der Waals surface area contributed by atoms with Gasteiger partial charge < -0.3 is 4.74 Å². The van der Waals surface area contributed by atoms with E-state index in [9.17, 15) is 9.59 Å². The Kier molecular flexibility index (Phi) is 3.32. The van der Waals surface area contributed by atoms with Crippen molar-refractivity contribution < 1.29 is 14.3 Å². The molecule has 1 aliphatic heterocycles. The van der Waals surface area contributed by atoms with E-state index in [0.717, 1.165) is 11.1 Å². The van der Waals surface area contributed by atoms with Gasteiger partial charge in [-0.2, -0.15) is 0 Å². The molecule has 0 amide bonds. The normalized spacial score (nSPS) is 19.7. The van der Waals surface area contributed by atoms with Gasteiger partial charge in [0.05, 0.1) is 6.42 Å². The van der Waals surface area contributed by atoms with Gasteiger partial charge in [-0.1, -0.05) is 29.8 Å². The van der Waals surface area contributed by atoms with Crippen molar-refractivity contribution in [1.82, 2.24) is 0 Å². The zero-order valence-electron chi connectivity index (χ0n) is 10.8. The maximum atomic E-state index is 11.7. The zero-order valence-corrected chi connectivity index (χ0v) is 10.8. The summed E-state index contributed by atoms with van der Waals surface area (Å²) < 4.78 is 5.06. The fourth-order valence-electron chi connectivity index (χ4n) is 2.36. The summed E-state index contributed by atoms with van der Waals surface area (Å²) in [5.74, 6) is -0.0534. The molecule has 1 heterocycles. The van der Waals surface area contributed by atoms with Crippen LogP contribution in [-0.4, -0.2) is 11.8 Å². The number of Topliss-reactive ketones (excluding diaryl/α,β-unsaturated/α-hetero) is 1. The highest BCUT2D eigenvalue weighted by atomic mass is 16.5. The third-order valence-corrected chi connectivity index (χ3v) is 3.22. The van der Waals surface area contributed by atoms with E-state index in [-0.39, 0.29) is 24.1 Å². The maximum Gasteiger partial charge on any atom is 0.311 e. The van der Waals surface area contributed by atoms with Crippen LogP contribution in [0.15, 0.2) is 35.6 Å². The molecule has 0 fully saturated rings. The monoisotopic (exact) mass is 244 g/mol. The van der Waals surface area contributed by atoms with Crippen LogP contribution >= 0.6 is 0 Å². The Hall–Kier alpha value is -1.90. The van der Waals surface area contributed by atoms with Gasteiger partial charge in [-0.25, -0.2) is 0 Å². The topological polar surface area (TPSA) is 43.4 Å². The number of hydrogen-bond acceptors (Lipinski definition) is 3. The van der Waals surface area contributed by atoms with Crippen LogP contribution in [0.3, 0.4) is 0 Å². The first kappa shape index (κ1) is 12.6. The quantitative estimate of drug-likeness (QED) is 0.751. The molecule has 1 aromatic rings. The average molecular weight is 244 g/mol. The molecule has 0 saturated carbocycles. The number of allylic oxidation sites excluding steroid dienone is 2. The second kappa shape index (κ2) is 4.77. The van der Waals surface area contributed by atoms with Crippen LogP contribution in [0.2, 0.25) is 0 Å². The van der Waals surface area contributed by atoms with E-state index in [4.69, 9.17) is 4.74 Å². The van der Waals surface area contributed by atoms with Crippen LogP contribution in [-0.2, 0) is 14.3 Å². The molecule has 1 aliphatic rings. The first-order valence-corrected chi connectivity index (χ1v) is 5.98. The average Bonchev–Trinajstić information content (AvgIpc) is 2.28. The van der Waals surface area contributed by atoms with Gasteiger partial charge in [0.1, 0.15) is 5.76 Å². The molecule has 3 nitrogen and oxygen atoms in total. The largest absolute Gasteiger partial charge is 0.431 e. The van der Waals surface area contributed by atoms with Crippen molar-refractivity contribution >= 4 is 11.8 Å². The number of esters is 1. The minimum Gasteiger partial charge on any atom is -0.431 e. The van der Waals surface area contributed by atoms with Crippen LogP contribution in [0.4, 0.5) is 0 Å². The number of aryl methyl sites for hydroxylation is 1. The van der Waals surface area contributed by atoms with E-state index < -0.39 is 0 Å². The Morgan fingerprint density at radius 3 is 2.39 bits per heavy atom. The van der Waals surface area contributed by atoms with Gasteiger partial charge in [0.25, 0.3) is 0 Å². The fraction of sp³-hybridized carbons (Fsp3) is 0.333. The van der Waals surface area contributed by atoms with Gasteiger partial charge >= 0.3 is 5.97 Å². The molecule has 18 heavy (non-hydrogen) atoms. The lowest BCUT2D eigenvalue weighted by molar-refractivity contribution is -0.141. The van der Waals surface area contributed by atoms with Crippen LogP contribution in [0.5, 0.6) is 0 Å². The first-order chi connectivity index (χ1) is 8.49. The number of cyclic esters (lactones) is 1. The molecule has 0 radical (unpaired) electrons. The minimum atomic E-state index is -0.275. The molecule has 94 valence electrons. The molecule has 0 saturated heterocycles. The van der Waals surface area contributed by atoms with E-state index in [0.29, 0.717) is 11.3 Å². The molecule has 0 bridgehead atoms. The van der Waals surface area contributed by atoms with Crippen LogP contribution in [0.25, 0.3) is 0 Å². The molecular formula is C15H16O3. The summed E-state index contributed by atoms with van der Waals surface area (Å²) in [5, 5.41) is 0. The molecule has 1 aromatic carbocycles. The Bertz CT molecular complexity index is 523. The number of ether oxygens (including phenoxy) is 1. The van der Waals surface area contributed by atoms with Crippen molar-refractivity contribution in [3.05, 3.63) is 46.7 Å². The summed E-state index contributed by atoms with van der Waals surface area (Å²) in [5.41, 5.74) is 2.75. The van der Waals surface area contributed by atoms with Crippen molar-refractivity contribution in [3.8, 4) is 0 Å². The van der Waals surface area contributed by atoms with E-state index in [2.05, 4.69) is 0 Å². The maximum absolute atomic E-state index is 11.7. The predicted octanol–water partition coefficient (Wildman–Crippen LogP) is 2.89. The van der Waals surface area contributed by atoms with Crippen LogP contribution in [0, 0.1) is 6.92 Å². The highest BCUT2D eigenvalue weighted by molar-refractivity contribution is 5.97. The molecule has 0 N–H and O–H groups in total. The molecule has 3 heteroatoms. The SMILES string of the molecule is CC(=O)C1=C(C)OC(=O)C[C@@H]1c1ccc(C)cc1. The van der Waals surface area contributed by atoms with Crippen LogP contribution in [0.1, 0.15) is 37.3 Å². The molecule has 0 spiro atoms. The smallest absolute Gasteiger partial charge is 0.311 e. The van der Waals surface area contributed by atoms with Crippen molar-refractivity contribution in [2.24, 2.45) is 0 Å². The summed E-state index contributed by atoms with van der Waals surface area (Å²) >= 11 is 0. The highest BCUT2D eigenvalue weighted by Crippen LogP contribution is 2.35. The van der Waals surface area contributed by atoms with Crippen molar-refractivity contribution in [3.63, 3.8) is 0 Å². The second-order valence-electron chi connectivity index (χ2n) is 4.67. The van der Waals surface area contributed by atoms with Gasteiger partial charge in [0.2, 0.25) is 0 Å². The summed E-state index contributed by atoms with van der Waals surface area (Å²) in [4.78, 5) is 23.2. The Balaban J connectivity index is 2.46. The molecule has 0 aliphatic carbocycles. The van der Waals surface area contributed by atoms with Crippen molar-refractivity contribution in [2.75, 3.05) is 0 Å². The van der Waals surface area contributed by atoms with E-state index in [1.807, 2.05) is 31.2 Å². The number of carbonyl (C=O) groups excluding carboxylic acids is 2. The molecule has 2 rings (SSSR count). The first-order valence-electron chi connectivity index (χ1n) is 5.98. The molecular weight excluding hydrogens is 228 g/mol. The van der Waals surface area contributed by atoms with Crippen molar-refractivity contribution in [1.29, 1.82) is 0 Å². The van der Waals surface area contributed by atoms with Crippen molar-refractivity contribution in [2.45, 2.75) is 33.1 Å². The summed E-state index contributed by atoms with van der Waals surface area (Å²) in [7, 11) is 0. The number of ketones is 1. The number of carbonyl (C=O) groups is 2. The molecule has 0 aromatic heterocycles. The Morgan fingerprint density at radius 2 is 1.83 bits per heavy atom. The third-order valence-electron chi connectivity index (χ3n) is 3.22. The lowest BCUT2D eigenvalue weighted by Crippen LogP contribution is -2.23.